The van der Waals surface area contributed by atoms with E-state index in [0.29, 0.717) is 11.3 Å². The van der Waals surface area contributed by atoms with Crippen molar-refractivity contribution in [2.45, 2.75) is 20.0 Å². The zero-order valence-electron chi connectivity index (χ0n) is 15.2. The fraction of sp³-hybridized carbons (Fsp3) is 0.190. The third-order valence-corrected chi connectivity index (χ3v) is 3.54. The zero-order chi connectivity index (χ0) is 19.6. The van der Waals surface area contributed by atoms with Crippen molar-refractivity contribution in [3.05, 3.63) is 77.9 Å². The molecule has 6 heteroatoms. The summed E-state index contributed by atoms with van der Waals surface area (Å²) >= 11 is 0. The predicted molar refractivity (Wildman–Crippen MR) is 101 cm³/mol. The van der Waals surface area contributed by atoms with E-state index in [-0.39, 0.29) is 6.61 Å². The number of nitrogens with one attached hydrogen (secondary N) is 1. The molecule has 2 rings (SSSR count). The first-order valence-electron chi connectivity index (χ1n) is 8.47. The van der Waals surface area contributed by atoms with E-state index in [2.05, 4.69) is 5.32 Å². The lowest BCUT2D eigenvalue weighted by Crippen LogP contribution is -2.25. The molecule has 0 radical (unpaired) electrons. The Balaban J connectivity index is 2.14. The molecule has 140 valence electrons. The molecule has 2 aromatic carbocycles. The van der Waals surface area contributed by atoms with Gasteiger partial charge in [0, 0.05) is 23.4 Å². The average molecular weight is 367 g/mol. The Kier molecular flexibility index (Phi) is 7.31. The van der Waals surface area contributed by atoms with Gasteiger partial charge in [0.05, 0.1) is 6.61 Å². The fourth-order valence-electron chi connectivity index (χ4n) is 2.23. The lowest BCUT2D eigenvalue weighted by molar-refractivity contribution is -0.150. The summed E-state index contributed by atoms with van der Waals surface area (Å²) in [6.07, 6.45) is 0.741. The van der Waals surface area contributed by atoms with Gasteiger partial charge in [0.15, 0.2) is 0 Å². The van der Waals surface area contributed by atoms with Crippen LogP contribution in [0.4, 0.5) is 5.69 Å². The van der Waals surface area contributed by atoms with Crippen LogP contribution in [0.15, 0.2) is 66.7 Å². The van der Waals surface area contributed by atoms with Crippen LogP contribution in [0.5, 0.6) is 0 Å². The first-order valence-corrected chi connectivity index (χ1v) is 8.47. The molecule has 6 nitrogen and oxygen atoms in total. The molecule has 0 saturated carbocycles. The number of hydrogen-bond donors (Lipinski definition) is 1. The highest BCUT2D eigenvalue weighted by Gasteiger charge is 2.24. The topological polar surface area (TPSA) is 81.7 Å². The SMILES string of the molecule is CCOC(=O)/C=C/C(=O)O[C@H](C(=O)Nc1ccc(C)cc1)c1ccccc1. The van der Waals surface area contributed by atoms with Crippen LogP contribution >= 0.6 is 0 Å². The second-order valence-corrected chi connectivity index (χ2v) is 5.67. The highest BCUT2D eigenvalue weighted by Crippen LogP contribution is 2.20. The van der Waals surface area contributed by atoms with Gasteiger partial charge in [-0.05, 0) is 26.0 Å². The molecule has 1 atom stereocenters. The Morgan fingerprint density at radius 2 is 1.59 bits per heavy atom. The van der Waals surface area contributed by atoms with E-state index >= 15 is 0 Å². The predicted octanol–water partition coefficient (Wildman–Crippen LogP) is 3.34. The zero-order valence-corrected chi connectivity index (χ0v) is 15.2. The molecular weight excluding hydrogens is 346 g/mol. The molecule has 27 heavy (non-hydrogen) atoms. The maximum Gasteiger partial charge on any atom is 0.332 e. The fourth-order valence-corrected chi connectivity index (χ4v) is 2.23. The number of carbonyl (C=O) groups excluding carboxylic acids is 3. The average Bonchev–Trinajstić information content (AvgIpc) is 2.67. The minimum Gasteiger partial charge on any atom is -0.463 e. The standard InChI is InChI=1S/C21H21NO5/c1-3-26-18(23)13-14-19(24)27-20(16-7-5-4-6-8-16)21(25)22-17-11-9-15(2)10-12-17/h4-14,20H,3H2,1-2H3,(H,22,25)/b14-13+/t20-/m0/s1. The number of aryl methyl sites for hydroxylation is 1. The second-order valence-electron chi connectivity index (χ2n) is 5.67. The first kappa shape index (κ1) is 19.9. The third kappa shape index (κ3) is 6.43. The van der Waals surface area contributed by atoms with E-state index in [0.717, 1.165) is 17.7 Å². The summed E-state index contributed by atoms with van der Waals surface area (Å²) in [5.74, 6) is -1.98. The van der Waals surface area contributed by atoms with E-state index in [1.54, 1.807) is 49.4 Å². The molecule has 0 aliphatic rings. The monoisotopic (exact) mass is 367 g/mol. The lowest BCUT2D eigenvalue weighted by Gasteiger charge is -2.17. The van der Waals surface area contributed by atoms with Crippen LogP contribution in [0.1, 0.15) is 24.2 Å². The Bertz CT molecular complexity index is 812. The Morgan fingerprint density at radius 1 is 0.963 bits per heavy atom. The maximum absolute atomic E-state index is 12.7. The van der Waals surface area contributed by atoms with Crippen molar-refractivity contribution in [3.63, 3.8) is 0 Å². The quantitative estimate of drug-likeness (QED) is 0.600. The van der Waals surface area contributed by atoms with E-state index in [4.69, 9.17) is 9.47 Å². The summed E-state index contributed by atoms with van der Waals surface area (Å²) in [5, 5.41) is 2.73. The van der Waals surface area contributed by atoms with E-state index in [9.17, 15) is 14.4 Å². The minimum absolute atomic E-state index is 0.198. The molecule has 0 fully saturated rings. The number of esters is 2. The summed E-state index contributed by atoms with van der Waals surface area (Å²) in [4.78, 5) is 36.0. The molecule has 0 aromatic heterocycles. The van der Waals surface area contributed by atoms with E-state index < -0.39 is 23.9 Å². The van der Waals surface area contributed by atoms with Crippen molar-refractivity contribution in [3.8, 4) is 0 Å². The van der Waals surface area contributed by atoms with Gasteiger partial charge in [-0.2, -0.15) is 0 Å². The summed E-state index contributed by atoms with van der Waals surface area (Å²) in [7, 11) is 0. The third-order valence-electron chi connectivity index (χ3n) is 3.54. The summed E-state index contributed by atoms with van der Waals surface area (Å²) in [6.45, 7) is 3.80. The smallest absolute Gasteiger partial charge is 0.332 e. The normalized spacial score (nSPS) is 11.6. The van der Waals surface area contributed by atoms with Crippen LogP contribution in [-0.4, -0.2) is 24.5 Å². The van der Waals surface area contributed by atoms with Gasteiger partial charge in [0.25, 0.3) is 5.91 Å². The molecule has 0 spiro atoms. The summed E-state index contributed by atoms with van der Waals surface area (Å²) in [6, 6.07) is 15.9. The van der Waals surface area contributed by atoms with Crippen LogP contribution < -0.4 is 5.32 Å². The van der Waals surface area contributed by atoms with Gasteiger partial charge in [-0.1, -0.05) is 48.0 Å². The van der Waals surface area contributed by atoms with Crippen molar-refractivity contribution in [2.24, 2.45) is 0 Å². The lowest BCUT2D eigenvalue weighted by atomic mass is 10.1. The molecule has 1 N–H and O–H groups in total. The maximum atomic E-state index is 12.7. The molecule has 0 heterocycles. The van der Waals surface area contributed by atoms with Crippen LogP contribution in [0, 0.1) is 6.92 Å². The van der Waals surface area contributed by atoms with Crippen molar-refractivity contribution in [1.82, 2.24) is 0 Å². The van der Waals surface area contributed by atoms with Crippen molar-refractivity contribution < 1.29 is 23.9 Å². The van der Waals surface area contributed by atoms with Gasteiger partial charge >= 0.3 is 11.9 Å². The molecule has 0 aliphatic heterocycles. The van der Waals surface area contributed by atoms with E-state index in [1.807, 2.05) is 19.1 Å². The molecular formula is C21H21NO5. The highest BCUT2D eigenvalue weighted by molar-refractivity contribution is 5.98. The Morgan fingerprint density at radius 3 is 2.22 bits per heavy atom. The van der Waals surface area contributed by atoms with Crippen LogP contribution in [-0.2, 0) is 23.9 Å². The number of benzene rings is 2. The van der Waals surface area contributed by atoms with Crippen LogP contribution in [0.25, 0.3) is 0 Å². The van der Waals surface area contributed by atoms with Crippen LogP contribution in [0.3, 0.4) is 0 Å². The van der Waals surface area contributed by atoms with Gasteiger partial charge in [-0.25, -0.2) is 9.59 Å². The number of rotatable bonds is 7. The van der Waals surface area contributed by atoms with Crippen LogP contribution in [0.2, 0.25) is 0 Å². The number of anilines is 1. The van der Waals surface area contributed by atoms with E-state index in [1.165, 1.54) is 0 Å². The molecule has 2 aromatic rings. The van der Waals surface area contributed by atoms with Gasteiger partial charge in [-0.15, -0.1) is 0 Å². The summed E-state index contributed by atoms with van der Waals surface area (Å²) in [5.41, 5.74) is 2.16. The van der Waals surface area contributed by atoms with Gasteiger partial charge in [0.1, 0.15) is 0 Å². The minimum atomic E-state index is -1.16. The van der Waals surface area contributed by atoms with Gasteiger partial charge in [0.2, 0.25) is 6.10 Å². The molecule has 0 saturated heterocycles. The molecule has 0 aliphatic carbocycles. The van der Waals surface area contributed by atoms with Crippen molar-refractivity contribution in [2.75, 3.05) is 11.9 Å². The number of carbonyl (C=O) groups is 3. The van der Waals surface area contributed by atoms with Crippen molar-refractivity contribution >= 4 is 23.5 Å². The Hall–Kier alpha value is -3.41. The van der Waals surface area contributed by atoms with Crippen molar-refractivity contribution in [1.29, 1.82) is 0 Å². The first-order chi connectivity index (χ1) is 13.0. The molecule has 0 bridgehead atoms. The number of ether oxygens (including phenoxy) is 2. The molecule has 1 amide bonds. The number of hydrogen-bond acceptors (Lipinski definition) is 5. The molecule has 0 unspecified atom stereocenters. The second kappa shape index (κ2) is 9.91. The van der Waals surface area contributed by atoms with Gasteiger partial charge in [-0.3, -0.25) is 4.79 Å². The summed E-state index contributed by atoms with van der Waals surface area (Å²) < 4.78 is 9.98. The Labute approximate surface area is 157 Å². The number of amides is 1. The largest absolute Gasteiger partial charge is 0.463 e. The highest BCUT2D eigenvalue weighted by atomic mass is 16.5. The van der Waals surface area contributed by atoms with Gasteiger partial charge < -0.3 is 14.8 Å².